The van der Waals surface area contributed by atoms with Gasteiger partial charge in [-0.2, -0.15) is 0 Å². The van der Waals surface area contributed by atoms with Crippen molar-refractivity contribution in [2.45, 2.75) is 9.79 Å². The SMILES string of the molecule is O=c1oc2c(c(O)c1S(=O)(=O)c1ccccc1)c(=O)n(-c1ccccc1)c1ccccc21. The molecule has 3 aromatic carbocycles. The molecular formula is C24H15NO6S. The lowest BCUT2D eigenvalue weighted by Gasteiger charge is -2.14. The average molecular weight is 445 g/mol. The zero-order valence-electron chi connectivity index (χ0n) is 16.4. The van der Waals surface area contributed by atoms with Crippen LogP contribution in [0.4, 0.5) is 0 Å². The third-order valence-corrected chi connectivity index (χ3v) is 6.99. The molecule has 0 radical (unpaired) electrons. The van der Waals surface area contributed by atoms with Gasteiger partial charge in [0, 0.05) is 11.1 Å². The Morgan fingerprint density at radius 1 is 0.781 bits per heavy atom. The van der Waals surface area contributed by atoms with E-state index in [4.69, 9.17) is 4.42 Å². The minimum atomic E-state index is -4.44. The van der Waals surface area contributed by atoms with Crippen LogP contribution in [0.1, 0.15) is 0 Å². The maximum Gasteiger partial charge on any atom is 0.359 e. The van der Waals surface area contributed by atoms with Gasteiger partial charge < -0.3 is 9.52 Å². The van der Waals surface area contributed by atoms with Gasteiger partial charge in [0.05, 0.1) is 10.4 Å². The number of sulfone groups is 1. The molecule has 0 amide bonds. The third kappa shape index (κ3) is 2.84. The van der Waals surface area contributed by atoms with Crippen LogP contribution in [0.25, 0.3) is 27.6 Å². The van der Waals surface area contributed by atoms with Crippen LogP contribution >= 0.6 is 0 Å². The summed E-state index contributed by atoms with van der Waals surface area (Å²) < 4.78 is 32.9. The van der Waals surface area contributed by atoms with Gasteiger partial charge in [-0.3, -0.25) is 9.36 Å². The molecule has 5 rings (SSSR count). The van der Waals surface area contributed by atoms with Crippen LogP contribution in [0.3, 0.4) is 0 Å². The molecule has 0 atom stereocenters. The number of fused-ring (bicyclic) bond motifs is 3. The number of pyridine rings is 1. The molecule has 7 nitrogen and oxygen atoms in total. The molecular weight excluding hydrogens is 430 g/mol. The Labute approximate surface area is 181 Å². The first-order chi connectivity index (χ1) is 15.4. The maximum atomic E-state index is 13.5. The highest BCUT2D eigenvalue weighted by atomic mass is 32.2. The zero-order valence-corrected chi connectivity index (χ0v) is 17.2. The highest BCUT2D eigenvalue weighted by Crippen LogP contribution is 2.34. The fourth-order valence-corrected chi connectivity index (χ4v) is 5.13. The Morgan fingerprint density at radius 2 is 1.38 bits per heavy atom. The zero-order chi connectivity index (χ0) is 22.5. The van der Waals surface area contributed by atoms with Gasteiger partial charge in [0.25, 0.3) is 5.56 Å². The number of aromatic hydroxyl groups is 1. The summed E-state index contributed by atoms with van der Waals surface area (Å²) in [5.41, 5.74) is -1.19. The largest absolute Gasteiger partial charge is 0.505 e. The molecule has 158 valence electrons. The van der Waals surface area contributed by atoms with Gasteiger partial charge in [0.1, 0.15) is 5.39 Å². The number of benzene rings is 3. The van der Waals surface area contributed by atoms with Crippen LogP contribution in [0.5, 0.6) is 5.75 Å². The number of hydrogen-bond donors (Lipinski definition) is 1. The Hall–Kier alpha value is -4.17. The van der Waals surface area contributed by atoms with E-state index in [1.807, 2.05) is 0 Å². The molecule has 0 aliphatic carbocycles. The molecule has 0 fully saturated rings. The van der Waals surface area contributed by atoms with Gasteiger partial charge in [-0.05, 0) is 36.4 Å². The number of rotatable bonds is 3. The van der Waals surface area contributed by atoms with E-state index < -0.39 is 31.7 Å². The van der Waals surface area contributed by atoms with Crippen molar-refractivity contribution >= 4 is 31.7 Å². The molecule has 1 N–H and O–H groups in total. The van der Waals surface area contributed by atoms with Gasteiger partial charge in [0.15, 0.2) is 16.2 Å². The van der Waals surface area contributed by atoms with Crippen LogP contribution < -0.4 is 11.2 Å². The Kier molecular flexibility index (Phi) is 4.45. The molecule has 0 saturated heterocycles. The van der Waals surface area contributed by atoms with E-state index in [-0.39, 0.29) is 15.9 Å². The molecule has 2 aromatic heterocycles. The summed E-state index contributed by atoms with van der Waals surface area (Å²) >= 11 is 0. The smallest absolute Gasteiger partial charge is 0.359 e. The van der Waals surface area contributed by atoms with E-state index in [2.05, 4.69) is 0 Å². The lowest BCUT2D eigenvalue weighted by atomic mass is 10.1. The lowest BCUT2D eigenvalue weighted by molar-refractivity contribution is 0.441. The van der Waals surface area contributed by atoms with Crippen molar-refractivity contribution in [3.05, 3.63) is 106 Å². The monoisotopic (exact) mass is 445 g/mol. The molecule has 0 aliphatic heterocycles. The summed E-state index contributed by atoms with van der Waals surface area (Å²) in [7, 11) is -4.44. The Balaban J connectivity index is 1.98. The predicted molar refractivity (Wildman–Crippen MR) is 119 cm³/mol. The van der Waals surface area contributed by atoms with Crippen LogP contribution in [0.15, 0.2) is 109 Å². The second-order valence-corrected chi connectivity index (χ2v) is 8.97. The molecule has 0 spiro atoms. The van der Waals surface area contributed by atoms with E-state index in [9.17, 15) is 23.1 Å². The summed E-state index contributed by atoms with van der Waals surface area (Å²) in [5.74, 6) is -0.930. The minimum absolute atomic E-state index is 0.174. The second-order valence-electron chi connectivity index (χ2n) is 7.08. The fourth-order valence-electron chi connectivity index (χ4n) is 3.77. The Morgan fingerprint density at radius 3 is 2.06 bits per heavy atom. The number of nitrogens with zero attached hydrogens (tertiary/aromatic N) is 1. The first-order valence-electron chi connectivity index (χ1n) is 9.60. The molecule has 0 aliphatic rings. The number of para-hydroxylation sites is 2. The standard InChI is InChI=1S/C24H15NO6S/c26-20-19-21(31-24(28)22(20)32(29,30)16-11-5-2-6-12-16)17-13-7-8-14-18(17)25(23(19)27)15-9-3-1-4-10-15/h1-14,26H. The van der Waals surface area contributed by atoms with Gasteiger partial charge in [-0.25, -0.2) is 13.2 Å². The van der Waals surface area contributed by atoms with E-state index in [1.165, 1.54) is 28.8 Å². The minimum Gasteiger partial charge on any atom is -0.505 e. The quantitative estimate of drug-likeness (QED) is 0.425. The van der Waals surface area contributed by atoms with Crippen molar-refractivity contribution in [1.29, 1.82) is 0 Å². The van der Waals surface area contributed by atoms with Crippen molar-refractivity contribution in [1.82, 2.24) is 4.57 Å². The van der Waals surface area contributed by atoms with Gasteiger partial charge in [-0.1, -0.05) is 48.5 Å². The van der Waals surface area contributed by atoms with Crippen LogP contribution in [-0.2, 0) is 9.84 Å². The van der Waals surface area contributed by atoms with Gasteiger partial charge in [-0.15, -0.1) is 0 Å². The first-order valence-corrected chi connectivity index (χ1v) is 11.1. The third-order valence-electron chi connectivity index (χ3n) is 5.20. The normalized spacial score (nSPS) is 11.8. The summed E-state index contributed by atoms with van der Waals surface area (Å²) in [4.78, 5) is 25.1. The molecule has 32 heavy (non-hydrogen) atoms. The van der Waals surface area contributed by atoms with E-state index in [0.29, 0.717) is 16.6 Å². The van der Waals surface area contributed by atoms with E-state index in [1.54, 1.807) is 60.7 Å². The van der Waals surface area contributed by atoms with Crippen molar-refractivity contribution in [2.24, 2.45) is 0 Å². The molecule has 0 unspecified atom stereocenters. The fraction of sp³-hybridized carbons (Fsp3) is 0. The molecule has 5 aromatic rings. The van der Waals surface area contributed by atoms with Crippen molar-refractivity contribution in [3.8, 4) is 11.4 Å². The van der Waals surface area contributed by atoms with Gasteiger partial charge in [0.2, 0.25) is 9.84 Å². The summed E-state index contributed by atoms with van der Waals surface area (Å²) in [6, 6.07) is 22.6. The second kappa shape index (κ2) is 7.21. The van der Waals surface area contributed by atoms with Crippen LogP contribution in [-0.4, -0.2) is 18.1 Å². The van der Waals surface area contributed by atoms with Gasteiger partial charge >= 0.3 is 5.63 Å². The number of aromatic nitrogens is 1. The van der Waals surface area contributed by atoms with Crippen molar-refractivity contribution in [2.75, 3.05) is 0 Å². The summed E-state index contributed by atoms with van der Waals surface area (Å²) in [6.45, 7) is 0. The maximum absolute atomic E-state index is 13.5. The highest BCUT2D eigenvalue weighted by molar-refractivity contribution is 7.91. The van der Waals surface area contributed by atoms with Crippen molar-refractivity contribution in [3.63, 3.8) is 0 Å². The summed E-state index contributed by atoms with van der Waals surface area (Å²) in [5, 5.41) is 11.0. The molecule has 0 bridgehead atoms. The van der Waals surface area contributed by atoms with E-state index in [0.717, 1.165) is 0 Å². The summed E-state index contributed by atoms with van der Waals surface area (Å²) in [6.07, 6.45) is 0. The van der Waals surface area contributed by atoms with Crippen LogP contribution in [0.2, 0.25) is 0 Å². The topological polar surface area (TPSA) is 107 Å². The predicted octanol–water partition coefficient (Wildman–Crippen LogP) is 3.64. The van der Waals surface area contributed by atoms with Crippen LogP contribution in [0, 0.1) is 0 Å². The lowest BCUT2D eigenvalue weighted by Crippen LogP contribution is -2.22. The molecule has 2 heterocycles. The molecule has 8 heteroatoms. The number of hydrogen-bond acceptors (Lipinski definition) is 6. The molecule has 0 saturated carbocycles. The first kappa shape index (κ1) is 19.8. The highest BCUT2D eigenvalue weighted by Gasteiger charge is 2.31. The Bertz CT molecular complexity index is 1720. The van der Waals surface area contributed by atoms with E-state index >= 15 is 0 Å². The van der Waals surface area contributed by atoms with Crippen molar-refractivity contribution < 1.29 is 17.9 Å². The average Bonchev–Trinajstić information content (AvgIpc) is 2.80.